The number of aromatic nitrogens is 2. The Kier molecular flexibility index (Phi) is 6.80. The molecule has 4 rings (SSSR count). The first-order chi connectivity index (χ1) is 15.7. The third-order valence-corrected chi connectivity index (χ3v) is 6.95. The maximum atomic E-state index is 12.6. The summed E-state index contributed by atoms with van der Waals surface area (Å²) in [6, 6.07) is 13.4. The number of furan rings is 1. The van der Waals surface area contributed by atoms with Crippen LogP contribution < -0.4 is 10.0 Å². The van der Waals surface area contributed by atoms with E-state index in [-0.39, 0.29) is 21.4 Å². The predicted molar refractivity (Wildman–Crippen MR) is 129 cm³/mol. The molecule has 2 heterocycles. The lowest BCUT2D eigenvalue weighted by molar-refractivity contribution is 0.0994. The Morgan fingerprint density at radius 2 is 1.76 bits per heavy atom. The number of sulfonamides is 1. The van der Waals surface area contributed by atoms with Crippen molar-refractivity contribution in [3.05, 3.63) is 93.0 Å². The van der Waals surface area contributed by atoms with Crippen molar-refractivity contribution in [2.75, 3.05) is 10.0 Å². The lowest BCUT2D eigenvalue weighted by Crippen LogP contribution is -2.14. The topological polar surface area (TPSA) is 106 Å². The van der Waals surface area contributed by atoms with Gasteiger partial charge in [0.05, 0.1) is 37.8 Å². The zero-order chi connectivity index (χ0) is 23.6. The number of amides is 1. The lowest BCUT2D eigenvalue weighted by atomic mass is 10.3. The highest BCUT2D eigenvalue weighted by molar-refractivity contribution is 9.10. The van der Waals surface area contributed by atoms with Crippen LogP contribution in [0.15, 0.2) is 80.8 Å². The van der Waals surface area contributed by atoms with Gasteiger partial charge in [0.25, 0.3) is 15.9 Å². The SMILES string of the molecule is O=C(Nc1ccc(S(=O)(=O)Nc2ccc(Cl)c(Cl)c2)cc1)c1ccc(Cn2cc(Br)cn2)o1. The highest BCUT2D eigenvalue weighted by Crippen LogP contribution is 2.27. The molecule has 0 saturated heterocycles. The van der Waals surface area contributed by atoms with Gasteiger partial charge in [-0.25, -0.2) is 8.42 Å². The zero-order valence-electron chi connectivity index (χ0n) is 16.6. The number of hydrogen-bond acceptors (Lipinski definition) is 5. The maximum Gasteiger partial charge on any atom is 0.291 e. The van der Waals surface area contributed by atoms with Crippen molar-refractivity contribution in [1.29, 1.82) is 0 Å². The summed E-state index contributed by atoms with van der Waals surface area (Å²) in [5, 5.41) is 7.36. The summed E-state index contributed by atoms with van der Waals surface area (Å²) in [5.74, 6) is 0.215. The fourth-order valence-corrected chi connectivity index (χ4v) is 4.53. The van der Waals surface area contributed by atoms with Gasteiger partial charge in [0.15, 0.2) is 5.76 Å². The van der Waals surface area contributed by atoms with Gasteiger partial charge in [0.2, 0.25) is 0 Å². The number of carbonyl (C=O) groups is 1. The number of anilines is 2. The Hall–Kier alpha value is -2.79. The van der Waals surface area contributed by atoms with Gasteiger partial charge in [-0.1, -0.05) is 23.2 Å². The zero-order valence-corrected chi connectivity index (χ0v) is 20.5. The van der Waals surface area contributed by atoms with E-state index in [1.807, 2.05) is 0 Å². The van der Waals surface area contributed by atoms with Crippen LogP contribution in [0.2, 0.25) is 10.0 Å². The van der Waals surface area contributed by atoms with Gasteiger partial charge in [-0.15, -0.1) is 0 Å². The van der Waals surface area contributed by atoms with Crippen LogP contribution >= 0.6 is 39.1 Å². The van der Waals surface area contributed by atoms with Gasteiger partial charge < -0.3 is 9.73 Å². The molecule has 0 saturated carbocycles. The Morgan fingerprint density at radius 3 is 2.42 bits per heavy atom. The molecular formula is C21H15BrCl2N4O4S. The number of nitrogens with zero attached hydrogens (tertiary/aromatic N) is 2. The molecule has 170 valence electrons. The number of carbonyl (C=O) groups excluding carboxylic acids is 1. The van der Waals surface area contributed by atoms with E-state index in [1.165, 1.54) is 42.5 Å². The van der Waals surface area contributed by atoms with Crippen molar-refractivity contribution in [3.8, 4) is 0 Å². The molecule has 1 amide bonds. The lowest BCUT2D eigenvalue weighted by Gasteiger charge is -2.10. The average molecular weight is 570 g/mol. The Bertz CT molecular complexity index is 1420. The minimum atomic E-state index is -3.86. The molecule has 0 atom stereocenters. The molecule has 0 bridgehead atoms. The molecule has 12 heteroatoms. The second-order valence-electron chi connectivity index (χ2n) is 6.83. The fourth-order valence-electron chi connectivity index (χ4n) is 2.85. The van der Waals surface area contributed by atoms with E-state index in [0.717, 1.165) is 4.47 Å². The summed E-state index contributed by atoms with van der Waals surface area (Å²) in [7, 11) is -3.86. The molecule has 33 heavy (non-hydrogen) atoms. The van der Waals surface area contributed by atoms with Crippen LogP contribution in [0.3, 0.4) is 0 Å². The van der Waals surface area contributed by atoms with Gasteiger partial charge >= 0.3 is 0 Å². The molecule has 4 aromatic rings. The van der Waals surface area contributed by atoms with Gasteiger partial charge in [0, 0.05) is 11.9 Å². The van der Waals surface area contributed by atoms with Crippen molar-refractivity contribution in [1.82, 2.24) is 9.78 Å². The molecule has 0 radical (unpaired) electrons. The molecule has 0 unspecified atom stereocenters. The molecule has 8 nitrogen and oxygen atoms in total. The van der Waals surface area contributed by atoms with Crippen LogP contribution in [0.1, 0.15) is 16.3 Å². The van der Waals surface area contributed by atoms with Gasteiger partial charge in [-0.3, -0.25) is 14.2 Å². The van der Waals surface area contributed by atoms with Crippen LogP contribution in [0, 0.1) is 0 Å². The molecule has 0 spiro atoms. The third kappa shape index (κ3) is 5.77. The van der Waals surface area contributed by atoms with Crippen molar-refractivity contribution < 1.29 is 17.6 Å². The van der Waals surface area contributed by atoms with E-state index in [4.69, 9.17) is 27.6 Å². The summed E-state index contributed by atoms with van der Waals surface area (Å²) in [4.78, 5) is 12.5. The third-order valence-electron chi connectivity index (χ3n) is 4.40. The van der Waals surface area contributed by atoms with Crippen LogP contribution in [0.25, 0.3) is 0 Å². The average Bonchev–Trinajstić information content (AvgIpc) is 3.40. The minimum Gasteiger partial charge on any atom is -0.454 e. The summed E-state index contributed by atoms with van der Waals surface area (Å²) in [6.07, 6.45) is 3.44. The summed E-state index contributed by atoms with van der Waals surface area (Å²) in [5.41, 5.74) is 0.681. The first kappa shape index (κ1) is 23.4. The van der Waals surface area contributed by atoms with E-state index < -0.39 is 15.9 Å². The van der Waals surface area contributed by atoms with E-state index in [0.29, 0.717) is 23.0 Å². The molecular weight excluding hydrogens is 555 g/mol. The fraction of sp³-hybridized carbons (Fsp3) is 0.0476. The molecule has 2 aromatic heterocycles. The predicted octanol–water partition coefficient (Wildman–Crippen LogP) is 5.65. The number of halogens is 3. The van der Waals surface area contributed by atoms with E-state index in [1.54, 1.807) is 29.2 Å². The summed E-state index contributed by atoms with van der Waals surface area (Å²) < 4.78 is 35.7. The smallest absolute Gasteiger partial charge is 0.291 e. The first-order valence-electron chi connectivity index (χ1n) is 9.35. The number of rotatable bonds is 7. The summed E-state index contributed by atoms with van der Waals surface area (Å²) >= 11 is 15.1. The molecule has 0 aliphatic heterocycles. The molecule has 2 N–H and O–H groups in total. The normalized spacial score (nSPS) is 11.4. The number of benzene rings is 2. The van der Waals surface area contributed by atoms with Crippen molar-refractivity contribution in [3.63, 3.8) is 0 Å². The molecule has 0 fully saturated rings. The van der Waals surface area contributed by atoms with Crippen LogP contribution in [0.4, 0.5) is 11.4 Å². The van der Waals surface area contributed by atoms with Crippen LogP contribution in [-0.4, -0.2) is 24.1 Å². The van der Waals surface area contributed by atoms with Crippen LogP contribution in [0.5, 0.6) is 0 Å². The Morgan fingerprint density at radius 1 is 1.03 bits per heavy atom. The van der Waals surface area contributed by atoms with Gasteiger partial charge in [-0.05, 0) is 70.5 Å². The molecule has 0 aliphatic carbocycles. The van der Waals surface area contributed by atoms with Crippen molar-refractivity contribution in [2.45, 2.75) is 11.4 Å². The molecule has 0 aliphatic rings. The standard InChI is InChI=1S/C21H15BrCl2N4O4S/c22-13-10-25-28(11-13)12-16-4-8-20(32-16)21(29)26-14-1-5-17(6-2-14)33(30,31)27-15-3-7-18(23)19(24)9-15/h1-11,27H,12H2,(H,26,29). The van der Waals surface area contributed by atoms with Gasteiger partial charge in [0.1, 0.15) is 5.76 Å². The van der Waals surface area contributed by atoms with Gasteiger partial charge in [-0.2, -0.15) is 5.10 Å². The van der Waals surface area contributed by atoms with E-state index in [9.17, 15) is 13.2 Å². The number of hydrogen-bond donors (Lipinski definition) is 2. The monoisotopic (exact) mass is 568 g/mol. The number of nitrogens with one attached hydrogen (secondary N) is 2. The minimum absolute atomic E-state index is 0.0113. The van der Waals surface area contributed by atoms with E-state index >= 15 is 0 Å². The quantitative estimate of drug-likeness (QED) is 0.299. The largest absolute Gasteiger partial charge is 0.454 e. The van der Waals surface area contributed by atoms with Crippen molar-refractivity contribution in [2.24, 2.45) is 0 Å². The highest BCUT2D eigenvalue weighted by Gasteiger charge is 2.16. The first-order valence-corrected chi connectivity index (χ1v) is 12.4. The Labute approximate surface area is 207 Å². The van der Waals surface area contributed by atoms with Crippen LogP contribution in [-0.2, 0) is 16.6 Å². The van der Waals surface area contributed by atoms with E-state index in [2.05, 4.69) is 31.1 Å². The molecule has 2 aromatic carbocycles. The second kappa shape index (κ2) is 9.60. The van der Waals surface area contributed by atoms with Crippen molar-refractivity contribution >= 4 is 66.4 Å². The maximum absolute atomic E-state index is 12.6. The second-order valence-corrected chi connectivity index (χ2v) is 10.2. The summed E-state index contributed by atoms with van der Waals surface area (Å²) in [6.45, 7) is 0.372. The highest BCUT2D eigenvalue weighted by atomic mass is 79.9. The Balaban J connectivity index is 1.40.